The average Bonchev–Trinajstić information content (AvgIpc) is 3.82. The van der Waals surface area contributed by atoms with Gasteiger partial charge in [0.25, 0.3) is 0 Å². The number of furan rings is 1. The Hall–Kier alpha value is -6.65. The van der Waals surface area contributed by atoms with Crippen LogP contribution in [-0.4, -0.2) is 14.1 Å². The third kappa shape index (κ3) is 3.66. The third-order valence-electron chi connectivity index (χ3n) is 10.2. The van der Waals surface area contributed by atoms with Gasteiger partial charge in [-0.1, -0.05) is 97.1 Å². The number of pyridine rings is 1. The molecule has 4 heterocycles. The topological polar surface area (TPSA) is 35.9 Å². The standard InChI is InChI=1S/C45H27N3O/c1-5-15-37-30(11-1)31-12-2-6-16-38(31)47(37)41-23-22-35-34-14-4-8-19-43(34)49-45(35)44(41)29-20-21-33-32-13-3-7-17-39(32)48(42(33)26-29)40-18-9-10-28-24-25-46-27-36(28)40/h1-27H. The Labute approximate surface area is 280 Å². The van der Waals surface area contributed by atoms with E-state index in [2.05, 4.69) is 160 Å². The maximum absolute atomic E-state index is 6.82. The summed E-state index contributed by atoms with van der Waals surface area (Å²) in [4.78, 5) is 4.52. The van der Waals surface area contributed by atoms with E-state index in [9.17, 15) is 0 Å². The average molecular weight is 626 g/mol. The Bertz CT molecular complexity index is 3060. The van der Waals surface area contributed by atoms with Gasteiger partial charge in [-0.25, -0.2) is 0 Å². The van der Waals surface area contributed by atoms with Crippen LogP contribution < -0.4 is 0 Å². The van der Waals surface area contributed by atoms with E-state index in [1.807, 2.05) is 18.5 Å². The van der Waals surface area contributed by atoms with E-state index in [4.69, 9.17) is 4.42 Å². The van der Waals surface area contributed by atoms with E-state index in [1.165, 1.54) is 32.6 Å². The number of nitrogens with zero attached hydrogens (tertiary/aromatic N) is 3. The summed E-state index contributed by atoms with van der Waals surface area (Å²) in [5.41, 5.74) is 10.8. The van der Waals surface area contributed by atoms with Gasteiger partial charge in [0.05, 0.1) is 33.4 Å². The predicted octanol–water partition coefficient (Wildman–Crippen LogP) is 12.0. The Morgan fingerprint density at radius 2 is 1.04 bits per heavy atom. The first-order valence-corrected chi connectivity index (χ1v) is 16.6. The number of para-hydroxylation sites is 4. The maximum atomic E-state index is 6.82. The highest BCUT2D eigenvalue weighted by Crippen LogP contribution is 2.44. The fourth-order valence-electron chi connectivity index (χ4n) is 8.10. The van der Waals surface area contributed by atoms with E-state index in [0.29, 0.717) is 0 Å². The molecule has 0 aliphatic rings. The van der Waals surface area contributed by atoms with Gasteiger partial charge in [0.1, 0.15) is 11.2 Å². The van der Waals surface area contributed by atoms with Gasteiger partial charge in [-0.15, -0.1) is 0 Å². The molecule has 11 rings (SSSR count). The zero-order valence-electron chi connectivity index (χ0n) is 26.3. The molecule has 0 bridgehead atoms. The van der Waals surface area contributed by atoms with Crippen molar-refractivity contribution in [2.24, 2.45) is 0 Å². The highest BCUT2D eigenvalue weighted by atomic mass is 16.3. The molecular formula is C45H27N3O. The van der Waals surface area contributed by atoms with Crippen LogP contribution in [0.1, 0.15) is 0 Å². The van der Waals surface area contributed by atoms with Gasteiger partial charge in [0, 0.05) is 55.7 Å². The van der Waals surface area contributed by atoms with Gasteiger partial charge in [-0.05, 0) is 65.5 Å². The third-order valence-corrected chi connectivity index (χ3v) is 10.2. The van der Waals surface area contributed by atoms with E-state index >= 15 is 0 Å². The normalized spacial score (nSPS) is 12.1. The summed E-state index contributed by atoms with van der Waals surface area (Å²) in [7, 11) is 0. The lowest BCUT2D eigenvalue weighted by atomic mass is 9.98. The molecule has 0 amide bonds. The number of hydrogen-bond donors (Lipinski definition) is 0. The largest absolute Gasteiger partial charge is 0.455 e. The summed E-state index contributed by atoms with van der Waals surface area (Å²) < 4.78 is 11.6. The van der Waals surface area contributed by atoms with E-state index in [-0.39, 0.29) is 0 Å². The van der Waals surface area contributed by atoms with Crippen LogP contribution >= 0.6 is 0 Å². The summed E-state index contributed by atoms with van der Waals surface area (Å²) in [6.07, 6.45) is 3.84. The lowest BCUT2D eigenvalue weighted by Gasteiger charge is -2.16. The molecule has 0 saturated carbocycles. The van der Waals surface area contributed by atoms with Crippen LogP contribution in [-0.2, 0) is 0 Å². The van der Waals surface area contributed by atoms with Crippen molar-refractivity contribution in [1.82, 2.24) is 14.1 Å². The summed E-state index contributed by atoms with van der Waals surface area (Å²) in [6.45, 7) is 0. The molecule has 0 atom stereocenters. The Balaban J connectivity index is 1.30. The minimum Gasteiger partial charge on any atom is -0.455 e. The molecule has 49 heavy (non-hydrogen) atoms. The minimum absolute atomic E-state index is 0.886. The maximum Gasteiger partial charge on any atom is 0.145 e. The quantitative estimate of drug-likeness (QED) is 0.196. The number of hydrogen-bond acceptors (Lipinski definition) is 2. The van der Waals surface area contributed by atoms with Crippen LogP contribution in [0, 0.1) is 0 Å². The van der Waals surface area contributed by atoms with Crippen LogP contribution in [0.15, 0.2) is 168 Å². The molecule has 0 N–H and O–H groups in total. The summed E-state index contributed by atoms with van der Waals surface area (Å²) >= 11 is 0. The number of benzene rings is 7. The molecule has 0 unspecified atom stereocenters. The fourth-order valence-corrected chi connectivity index (χ4v) is 8.10. The van der Waals surface area contributed by atoms with Crippen molar-refractivity contribution < 1.29 is 4.42 Å². The van der Waals surface area contributed by atoms with Gasteiger partial charge in [-0.3, -0.25) is 4.98 Å². The lowest BCUT2D eigenvalue weighted by Crippen LogP contribution is -1.98. The molecule has 0 spiro atoms. The molecule has 0 saturated heterocycles. The first-order chi connectivity index (χ1) is 24.3. The van der Waals surface area contributed by atoms with Crippen LogP contribution in [0.3, 0.4) is 0 Å². The Morgan fingerprint density at radius 3 is 1.78 bits per heavy atom. The molecule has 0 radical (unpaired) electrons. The lowest BCUT2D eigenvalue weighted by molar-refractivity contribution is 0.670. The summed E-state index contributed by atoms with van der Waals surface area (Å²) in [5.74, 6) is 0. The summed E-state index contributed by atoms with van der Waals surface area (Å²) in [6, 6.07) is 54.4. The number of aromatic nitrogens is 3. The van der Waals surface area contributed by atoms with Crippen molar-refractivity contribution in [1.29, 1.82) is 0 Å². The molecule has 11 aromatic rings. The van der Waals surface area contributed by atoms with Crippen molar-refractivity contribution in [2.45, 2.75) is 0 Å². The Kier molecular flexibility index (Phi) is 5.35. The molecule has 4 nitrogen and oxygen atoms in total. The van der Waals surface area contributed by atoms with E-state index in [0.717, 1.165) is 66.2 Å². The molecule has 7 aromatic carbocycles. The van der Waals surface area contributed by atoms with Gasteiger partial charge in [-0.2, -0.15) is 0 Å². The van der Waals surface area contributed by atoms with Crippen molar-refractivity contribution in [3.8, 4) is 22.5 Å². The van der Waals surface area contributed by atoms with Crippen molar-refractivity contribution in [3.05, 3.63) is 164 Å². The minimum atomic E-state index is 0.886. The van der Waals surface area contributed by atoms with Gasteiger partial charge in [0.15, 0.2) is 0 Å². The van der Waals surface area contributed by atoms with Crippen LogP contribution in [0.4, 0.5) is 0 Å². The molecule has 0 fully saturated rings. The second-order valence-electron chi connectivity index (χ2n) is 12.8. The second-order valence-corrected chi connectivity index (χ2v) is 12.8. The van der Waals surface area contributed by atoms with Gasteiger partial charge < -0.3 is 13.6 Å². The highest BCUT2D eigenvalue weighted by Gasteiger charge is 2.22. The first kappa shape index (κ1) is 26.4. The van der Waals surface area contributed by atoms with Crippen molar-refractivity contribution in [3.63, 3.8) is 0 Å². The van der Waals surface area contributed by atoms with Crippen LogP contribution in [0.25, 0.3) is 98.8 Å². The molecule has 4 heteroatoms. The zero-order valence-corrected chi connectivity index (χ0v) is 26.3. The van der Waals surface area contributed by atoms with Crippen molar-refractivity contribution >= 4 is 76.3 Å². The highest BCUT2D eigenvalue weighted by molar-refractivity contribution is 6.16. The van der Waals surface area contributed by atoms with E-state index < -0.39 is 0 Å². The van der Waals surface area contributed by atoms with E-state index in [1.54, 1.807) is 0 Å². The molecule has 4 aromatic heterocycles. The molecule has 0 aliphatic heterocycles. The number of rotatable bonds is 3. The predicted molar refractivity (Wildman–Crippen MR) is 203 cm³/mol. The molecular weight excluding hydrogens is 599 g/mol. The van der Waals surface area contributed by atoms with Gasteiger partial charge >= 0.3 is 0 Å². The zero-order chi connectivity index (χ0) is 32.1. The first-order valence-electron chi connectivity index (χ1n) is 16.6. The van der Waals surface area contributed by atoms with Gasteiger partial charge in [0.2, 0.25) is 0 Å². The Morgan fingerprint density at radius 1 is 0.429 bits per heavy atom. The number of fused-ring (bicyclic) bond motifs is 10. The van der Waals surface area contributed by atoms with Crippen LogP contribution in [0.5, 0.6) is 0 Å². The van der Waals surface area contributed by atoms with Crippen molar-refractivity contribution in [2.75, 3.05) is 0 Å². The molecule has 0 aliphatic carbocycles. The molecule has 228 valence electrons. The summed E-state index contributed by atoms with van der Waals surface area (Å²) in [5, 5.41) is 9.38. The van der Waals surface area contributed by atoms with Crippen LogP contribution in [0.2, 0.25) is 0 Å². The monoisotopic (exact) mass is 625 g/mol. The fraction of sp³-hybridized carbons (Fsp3) is 0. The smallest absolute Gasteiger partial charge is 0.145 e. The second kappa shape index (κ2) is 9.93. The SMILES string of the molecule is c1cc(-n2c3ccccc3c3ccc(-c4c(-n5c6ccccc6c6ccccc65)ccc5c4oc4ccccc45)cc32)c2cnccc2c1.